The van der Waals surface area contributed by atoms with Gasteiger partial charge < -0.3 is 15.0 Å². The smallest absolute Gasteiger partial charge is 0.317 e. The van der Waals surface area contributed by atoms with E-state index in [9.17, 15) is 4.79 Å². The number of amides is 2. The molecule has 0 saturated carbocycles. The molecule has 4 nitrogen and oxygen atoms in total. The van der Waals surface area contributed by atoms with E-state index in [1.165, 1.54) is 0 Å². The van der Waals surface area contributed by atoms with Crippen LogP contribution in [0.4, 0.5) is 4.79 Å². The first-order valence-electron chi connectivity index (χ1n) is 3.95. The van der Waals surface area contributed by atoms with E-state index in [1.54, 1.807) is 4.90 Å². The van der Waals surface area contributed by atoms with Crippen molar-refractivity contribution < 1.29 is 11.0 Å². The van der Waals surface area contributed by atoms with Crippen LogP contribution in [-0.4, -0.2) is 43.8 Å². The molecule has 0 radical (unpaired) electrons. The van der Waals surface area contributed by atoms with Gasteiger partial charge in [0.05, 0.1) is 13.2 Å². The minimum absolute atomic E-state index is 0. The Bertz CT molecular complexity index is 137. The molecular weight excluding hydrogens is 144 g/mol. The van der Waals surface area contributed by atoms with E-state index in [-0.39, 0.29) is 7.46 Å². The number of ether oxygens (including phenoxy) is 1. The summed E-state index contributed by atoms with van der Waals surface area (Å²) in [6.07, 6.45) is 0. The Balaban J connectivity index is 0.00000121. The van der Waals surface area contributed by atoms with Gasteiger partial charge in [-0.25, -0.2) is 4.79 Å². The fourth-order valence-electron chi connectivity index (χ4n) is 1.03. The maximum Gasteiger partial charge on any atom is 0.317 e. The van der Waals surface area contributed by atoms with Crippen LogP contribution in [-0.2, 0) is 4.74 Å². The Morgan fingerprint density at radius 1 is 1.64 bits per heavy atom. The third kappa shape index (κ3) is 2.38. The van der Waals surface area contributed by atoms with Gasteiger partial charge in [0.25, 0.3) is 0 Å². The number of nitrogens with zero attached hydrogens (tertiary/aromatic N) is 1. The molecule has 1 heterocycles. The fraction of sp³-hybridized carbons (Fsp3) is 0.857. The van der Waals surface area contributed by atoms with Gasteiger partial charge in [0.1, 0.15) is 0 Å². The molecule has 0 aromatic carbocycles. The molecule has 0 aromatic heterocycles. The van der Waals surface area contributed by atoms with Crippen LogP contribution in [0.5, 0.6) is 0 Å². The molecule has 1 saturated heterocycles. The van der Waals surface area contributed by atoms with Crippen molar-refractivity contribution >= 4 is 6.03 Å². The number of carbonyl (C=O) groups is 1. The minimum atomic E-state index is 0. The first-order chi connectivity index (χ1) is 5.34. The van der Waals surface area contributed by atoms with Gasteiger partial charge in [-0.2, -0.15) is 0 Å². The van der Waals surface area contributed by atoms with Crippen molar-refractivity contribution in [3.05, 3.63) is 0 Å². The highest BCUT2D eigenvalue weighted by Gasteiger charge is 2.14. The van der Waals surface area contributed by atoms with Gasteiger partial charge in [0.15, 0.2) is 0 Å². The summed E-state index contributed by atoms with van der Waals surface area (Å²) >= 11 is 0. The topological polar surface area (TPSA) is 41.6 Å². The van der Waals surface area contributed by atoms with Gasteiger partial charge in [-0.3, -0.25) is 0 Å². The highest BCUT2D eigenvalue weighted by atomic mass is 16.5. The zero-order valence-corrected chi connectivity index (χ0v) is 6.80. The average Bonchev–Trinajstić information content (AvgIpc) is 2.07. The van der Waals surface area contributed by atoms with E-state index in [2.05, 4.69) is 5.32 Å². The minimum Gasteiger partial charge on any atom is -0.378 e. The first kappa shape index (κ1) is 8.33. The fourth-order valence-corrected chi connectivity index (χ4v) is 1.03. The van der Waals surface area contributed by atoms with Crippen LogP contribution in [0.15, 0.2) is 0 Å². The summed E-state index contributed by atoms with van der Waals surface area (Å²) in [5, 5.41) is 2.75. The summed E-state index contributed by atoms with van der Waals surface area (Å²) in [6.45, 7) is 5.36. The molecule has 11 heavy (non-hydrogen) atoms. The van der Waals surface area contributed by atoms with Crippen molar-refractivity contribution in [1.29, 1.82) is 0 Å². The van der Waals surface area contributed by atoms with Gasteiger partial charge in [0, 0.05) is 21.1 Å². The molecule has 0 aliphatic carbocycles. The van der Waals surface area contributed by atoms with Crippen molar-refractivity contribution in [1.82, 2.24) is 10.2 Å². The van der Waals surface area contributed by atoms with Crippen LogP contribution < -0.4 is 5.32 Å². The Kier molecular flexibility index (Phi) is 3.16. The molecule has 2 amide bonds. The number of morpholine rings is 1. The monoisotopic (exact) mass is 160 g/mol. The zero-order valence-electron chi connectivity index (χ0n) is 6.80. The largest absolute Gasteiger partial charge is 0.378 e. The lowest BCUT2D eigenvalue weighted by Gasteiger charge is -2.26. The molecule has 4 heteroatoms. The highest BCUT2D eigenvalue weighted by Crippen LogP contribution is 1.95. The van der Waals surface area contributed by atoms with Crippen molar-refractivity contribution in [2.45, 2.75) is 6.92 Å². The van der Waals surface area contributed by atoms with Crippen molar-refractivity contribution in [2.24, 2.45) is 0 Å². The number of nitrogens with one attached hydrogen (secondary N) is 1. The van der Waals surface area contributed by atoms with Crippen molar-refractivity contribution in [3.8, 4) is 0 Å². The number of rotatable bonds is 1. The van der Waals surface area contributed by atoms with E-state index in [4.69, 9.17) is 4.74 Å². The Hall–Kier alpha value is -0.770. The highest BCUT2D eigenvalue weighted by molar-refractivity contribution is 5.74. The second kappa shape index (κ2) is 4.18. The summed E-state index contributed by atoms with van der Waals surface area (Å²) in [7, 11) is 0. The lowest BCUT2D eigenvalue weighted by molar-refractivity contribution is 0.0533. The SMILES string of the molecule is CCNC(=O)N1CCOCC1.[HH]. The zero-order chi connectivity index (χ0) is 8.10. The van der Waals surface area contributed by atoms with E-state index in [1.807, 2.05) is 6.92 Å². The molecule has 0 spiro atoms. The van der Waals surface area contributed by atoms with Crippen LogP contribution in [0.3, 0.4) is 0 Å². The van der Waals surface area contributed by atoms with E-state index in [0.29, 0.717) is 32.8 Å². The van der Waals surface area contributed by atoms with Crippen LogP contribution in [0.25, 0.3) is 0 Å². The lowest BCUT2D eigenvalue weighted by atomic mass is 10.4. The van der Waals surface area contributed by atoms with Gasteiger partial charge in [-0.1, -0.05) is 0 Å². The summed E-state index contributed by atoms with van der Waals surface area (Å²) in [5.74, 6) is 0. The predicted molar refractivity (Wildman–Crippen MR) is 43.6 cm³/mol. The number of urea groups is 1. The van der Waals surface area contributed by atoms with Gasteiger partial charge in [0.2, 0.25) is 0 Å². The maximum atomic E-state index is 11.2. The second-order valence-corrected chi connectivity index (χ2v) is 2.43. The molecule has 0 unspecified atom stereocenters. The first-order valence-corrected chi connectivity index (χ1v) is 3.95. The van der Waals surface area contributed by atoms with Gasteiger partial charge in [-0.15, -0.1) is 0 Å². The molecule has 1 fully saturated rings. The number of hydrogen-bond acceptors (Lipinski definition) is 2. The summed E-state index contributed by atoms with van der Waals surface area (Å²) < 4.78 is 5.11. The normalized spacial score (nSPS) is 18.1. The van der Waals surface area contributed by atoms with Crippen LogP contribution >= 0.6 is 0 Å². The molecule has 1 aliphatic rings. The molecule has 0 bridgehead atoms. The van der Waals surface area contributed by atoms with Crippen LogP contribution in [0, 0.1) is 0 Å². The molecular formula is C7H16N2O2. The Labute approximate surface area is 68.0 Å². The summed E-state index contributed by atoms with van der Waals surface area (Å²) in [6, 6.07) is 0.0239. The standard InChI is InChI=1S/C7H14N2O2.H2/c1-2-8-7(10)9-3-5-11-6-4-9;/h2-6H2,1H3,(H,8,10);1H. The van der Waals surface area contributed by atoms with Crippen molar-refractivity contribution in [2.75, 3.05) is 32.8 Å². The van der Waals surface area contributed by atoms with Crippen LogP contribution in [0.1, 0.15) is 8.35 Å². The maximum absolute atomic E-state index is 11.2. The lowest BCUT2D eigenvalue weighted by Crippen LogP contribution is -2.46. The van der Waals surface area contributed by atoms with Gasteiger partial charge >= 0.3 is 6.03 Å². The molecule has 1 aliphatic heterocycles. The number of hydrogen-bond donors (Lipinski definition) is 1. The Morgan fingerprint density at radius 3 is 2.82 bits per heavy atom. The molecule has 1 N–H and O–H groups in total. The molecule has 0 aromatic rings. The molecule has 66 valence electrons. The van der Waals surface area contributed by atoms with E-state index in [0.717, 1.165) is 0 Å². The molecule has 0 atom stereocenters. The quantitative estimate of drug-likeness (QED) is 0.599. The van der Waals surface area contributed by atoms with Gasteiger partial charge in [-0.05, 0) is 6.92 Å². The summed E-state index contributed by atoms with van der Waals surface area (Å²) in [5.41, 5.74) is 0. The second-order valence-electron chi connectivity index (χ2n) is 2.43. The predicted octanol–water partition coefficient (Wildman–Crippen LogP) is 0.294. The summed E-state index contributed by atoms with van der Waals surface area (Å²) in [4.78, 5) is 12.9. The van der Waals surface area contributed by atoms with E-state index < -0.39 is 0 Å². The van der Waals surface area contributed by atoms with Crippen LogP contribution in [0.2, 0.25) is 0 Å². The average molecular weight is 160 g/mol. The third-order valence-corrected chi connectivity index (χ3v) is 1.63. The Morgan fingerprint density at radius 2 is 2.27 bits per heavy atom. The third-order valence-electron chi connectivity index (χ3n) is 1.63. The number of carbonyl (C=O) groups excluding carboxylic acids is 1. The van der Waals surface area contributed by atoms with E-state index >= 15 is 0 Å². The molecule has 1 rings (SSSR count). The van der Waals surface area contributed by atoms with Crippen molar-refractivity contribution in [3.63, 3.8) is 0 Å².